The fourth-order valence-corrected chi connectivity index (χ4v) is 2.17. The quantitative estimate of drug-likeness (QED) is 0.771. The van der Waals surface area contributed by atoms with E-state index >= 15 is 0 Å². The molecule has 0 bridgehead atoms. The van der Waals surface area contributed by atoms with Gasteiger partial charge in [-0.25, -0.2) is 4.39 Å². The summed E-state index contributed by atoms with van der Waals surface area (Å²) in [5.74, 6) is -0.447. The fourth-order valence-electron chi connectivity index (χ4n) is 2.17. The highest BCUT2D eigenvalue weighted by Crippen LogP contribution is 2.04. The number of amides is 1. The molecule has 0 saturated heterocycles. The van der Waals surface area contributed by atoms with Gasteiger partial charge in [-0.2, -0.15) is 0 Å². The number of nitrogens with one attached hydrogen (secondary N) is 1. The largest absolute Gasteiger partial charge is 0.395 e. The van der Waals surface area contributed by atoms with Crippen LogP contribution in [0, 0.1) is 5.82 Å². The van der Waals surface area contributed by atoms with Crippen LogP contribution in [0.5, 0.6) is 0 Å². The molecule has 0 fully saturated rings. The predicted octanol–water partition coefficient (Wildman–Crippen LogP) is 1.33. The number of hydrogen-bond acceptors (Lipinski definition) is 4. The van der Waals surface area contributed by atoms with Gasteiger partial charge in [0.15, 0.2) is 0 Å². The van der Waals surface area contributed by atoms with E-state index in [-0.39, 0.29) is 24.9 Å². The lowest BCUT2D eigenvalue weighted by atomic mass is 10.2. The minimum Gasteiger partial charge on any atom is -0.395 e. The third-order valence-electron chi connectivity index (χ3n) is 3.32. The van der Waals surface area contributed by atoms with Gasteiger partial charge in [-0.05, 0) is 29.3 Å². The van der Waals surface area contributed by atoms with Crippen LogP contribution in [0.1, 0.15) is 11.1 Å². The first-order valence-electron chi connectivity index (χ1n) is 7.40. The van der Waals surface area contributed by atoms with Crippen molar-refractivity contribution in [3.05, 3.63) is 65.7 Å². The van der Waals surface area contributed by atoms with Crippen molar-refractivity contribution in [3.8, 4) is 0 Å². The van der Waals surface area contributed by atoms with Gasteiger partial charge in [-0.3, -0.25) is 14.7 Å². The number of pyridine rings is 1. The Bertz CT molecular complexity index is 605. The monoisotopic (exact) mass is 317 g/mol. The van der Waals surface area contributed by atoms with Crippen molar-refractivity contribution >= 4 is 5.91 Å². The summed E-state index contributed by atoms with van der Waals surface area (Å²) in [5.41, 5.74) is 1.81. The average molecular weight is 317 g/mol. The number of aliphatic hydroxyl groups excluding tert-OH is 1. The van der Waals surface area contributed by atoms with Crippen molar-refractivity contribution in [2.24, 2.45) is 0 Å². The first-order chi connectivity index (χ1) is 11.2. The zero-order chi connectivity index (χ0) is 16.5. The zero-order valence-corrected chi connectivity index (χ0v) is 12.8. The molecule has 0 aliphatic rings. The number of benzene rings is 1. The highest BCUT2D eigenvalue weighted by atomic mass is 19.1. The smallest absolute Gasteiger partial charge is 0.234 e. The molecule has 6 heteroatoms. The van der Waals surface area contributed by atoms with E-state index in [1.807, 2.05) is 17.0 Å². The Labute approximate surface area is 134 Å². The molecular formula is C17H20FN3O2. The van der Waals surface area contributed by atoms with Gasteiger partial charge in [0.1, 0.15) is 5.82 Å². The molecule has 23 heavy (non-hydrogen) atoms. The summed E-state index contributed by atoms with van der Waals surface area (Å²) in [5, 5.41) is 11.9. The van der Waals surface area contributed by atoms with Crippen LogP contribution in [-0.4, -0.2) is 40.6 Å². The van der Waals surface area contributed by atoms with Gasteiger partial charge in [-0.15, -0.1) is 0 Å². The molecule has 0 aliphatic carbocycles. The van der Waals surface area contributed by atoms with Crippen molar-refractivity contribution in [1.82, 2.24) is 15.2 Å². The Hall–Kier alpha value is -2.31. The van der Waals surface area contributed by atoms with Crippen molar-refractivity contribution in [2.45, 2.75) is 13.1 Å². The molecule has 1 amide bonds. The van der Waals surface area contributed by atoms with E-state index in [0.717, 1.165) is 11.1 Å². The second kappa shape index (κ2) is 8.97. The van der Waals surface area contributed by atoms with E-state index in [1.165, 1.54) is 12.1 Å². The molecule has 2 aromatic rings. The van der Waals surface area contributed by atoms with Crippen LogP contribution in [0.15, 0.2) is 48.8 Å². The minimum atomic E-state index is -0.300. The van der Waals surface area contributed by atoms with Crippen LogP contribution < -0.4 is 5.32 Å². The zero-order valence-electron chi connectivity index (χ0n) is 12.8. The number of halogens is 1. The van der Waals surface area contributed by atoms with E-state index in [0.29, 0.717) is 19.6 Å². The molecule has 5 nitrogen and oxygen atoms in total. The van der Waals surface area contributed by atoms with E-state index in [9.17, 15) is 9.18 Å². The maximum Gasteiger partial charge on any atom is 0.234 e. The lowest BCUT2D eigenvalue weighted by Gasteiger charge is -2.20. The normalized spacial score (nSPS) is 10.7. The van der Waals surface area contributed by atoms with Gasteiger partial charge < -0.3 is 10.4 Å². The number of aromatic nitrogens is 1. The van der Waals surface area contributed by atoms with Crippen molar-refractivity contribution in [2.75, 3.05) is 19.7 Å². The number of carbonyl (C=O) groups is 1. The van der Waals surface area contributed by atoms with Crippen LogP contribution in [0.25, 0.3) is 0 Å². The first kappa shape index (κ1) is 17.1. The van der Waals surface area contributed by atoms with Crippen molar-refractivity contribution in [3.63, 3.8) is 0 Å². The summed E-state index contributed by atoms with van der Waals surface area (Å²) < 4.78 is 12.8. The summed E-state index contributed by atoms with van der Waals surface area (Å²) >= 11 is 0. The molecule has 0 saturated carbocycles. The van der Waals surface area contributed by atoms with Gasteiger partial charge >= 0.3 is 0 Å². The summed E-state index contributed by atoms with van der Waals surface area (Å²) in [6.45, 7) is 1.44. The highest BCUT2D eigenvalue weighted by Gasteiger charge is 2.11. The number of nitrogens with zero attached hydrogens (tertiary/aromatic N) is 2. The lowest BCUT2D eigenvalue weighted by molar-refractivity contribution is -0.122. The standard InChI is InChI=1S/C17H20FN3O2/c18-16-5-3-14(4-6-16)11-20-17(23)13-21(8-9-22)12-15-2-1-7-19-10-15/h1-7,10,22H,8-9,11-13H2,(H,20,23). The SMILES string of the molecule is O=C(CN(CCO)Cc1cccnc1)NCc1ccc(F)cc1. The van der Waals surface area contributed by atoms with Crippen LogP contribution in [-0.2, 0) is 17.9 Å². The molecule has 0 radical (unpaired) electrons. The van der Waals surface area contributed by atoms with Crippen LogP contribution in [0.2, 0.25) is 0 Å². The highest BCUT2D eigenvalue weighted by molar-refractivity contribution is 5.78. The Morgan fingerprint density at radius 2 is 2.00 bits per heavy atom. The molecule has 0 spiro atoms. The molecule has 0 unspecified atom stereocenters. The Morgan fingerprint density at radius 1 is 1.22 bits per heavy atom. The first-order valence-corrected chi connectivity index (χ1v) is 7.40. The summed E-state index contributed by atoms with van der Waals surface area (Å²) in [7, 11) is 0. The number of aliphatic hydroxyl groups is 1. The maximum absolute atomic E-state index is 12.8. The van der Waals surface area contributed by atoms with Crippen molar-refractivity contribution < 1.29 is 14.3 Å². The maximum atomic E-state index is 12.8. The Balaban J connectivity index is 1.83. The van der Waals surface area contributed by atoms with Gasteiger partial charge in [0.05, 0.1) is 13.2 Å². The number of rotatable bonds is 8. The third-order valence-corrected chi connectivity index (χ3v) is 3.32. The van der Waals surface area contributed by atoms with E-state index in [1.54, 1.807) is 24.5 Å². The van der Waals surface area contributed by atoms with Gasteiger partial charge in [-0.1, -0.05) is 18.2 Å². The third kappa shape index (κ3) is 6.14. The molecule has 122 valence electrons. The predicted molar refractivity (Wildman–Crippen MR) is 84.8 cm³/mol. The van der Waals surface area contributed by atoms with Gasteiger partial charge in [0.25, 0.3) is 0 Å². The van der Waals surface area contributed by atoms with Crippen LogP contribution >= 0.6 is 0 Å². The van der Waals surface area contributed by atoms with Crippen LogP contribution in [0.3, 0.4) is 0 Å². The van der Waals surface area contributed by atoms with Crippen molar-refractivity contribution in [1.29, 1.82) is 0 Å². The van der Waals surface area contributed by atoms with Gasteiger partial charge in [0.2, 0.25) is 5.91 Å². The summed E-state index contributed by atoms with van der Waals surface area (Å²) in [4.78, 5) is 17.9. The Morgan fingerprint density at radius 3 is 2.65 bits per heavy atom. The second-order valence-corrected chi connectivity index (χ2v) is 5.20. The minimum absolute atomic E-state index is 0.0223. The molecule has 1 aromatic heterocycles. The van der Waals surface area contributed by atoms with Gasteiger partial charge in [0, 0.05) is 32.0 Å². The molecule has 1 aromatic carbocycles. The number of carbonyl (C=O) groups excluding carboxylic acids is 1. The topological polar surface area (TPSA) is 65.5 Å². The fraction of sp³-hybridized carbons (Fsp3) is 0.294. The molecular weight excluding hydrogens is 297 g/mol. The average Bonchev–Trinajstić information content (AvgIpc) is 2.55. The summed E-state index contributed by atoms with van der Waals surface area (Å²) in [6.07, 6.45) is 3.43. The molecule has 0 atom stereocenters. The Kier molecular flexibility index (Phi) is 6.65. The van der Waals surface area contributed by atoms with E-state index in [4.69, 9.17) is 5.11 Å². The molecule has 2 rings (SSSR count). The van der Waals surface area contributed by atoms with E-state index in [2.05, 4.69) is 10.3 Å². The molecule has 0 aliphatic heterocycles. The number of hydrogen-bond donors (Lipinski definition) is 2. The molecule has 2 N–H and O–H groups in total. The second-order valence-electron chi connectivity index (χ2n) is 5.20. The lowest BCUT2D eigenvalue weighted by Crippen LogP contribution is -2.38. The summed E-state index contributed by atoms with van der Waals surface area (Å²) in [6, 6.07) is 9.76. The van der Waals surface area contributed by atoms with Crippen LogP contribution in [0.4, 0.5) is 4.39 Å². The molecule has 1 heterocycles. The van der Waals surface area contributed by atoms with E-state index < -0.39 is 0 Å².